The van der Waals surface area contributed by atoms with Crippen LogP contribution >= 0.6 is 11.3 Å². The Morgan fingerprint density at radius 3 is 1.80 bits per heavy atom. The third-order valence-corrected chi connectivity index (χ3v) is 6.52. The molecule has 0 amide bonds. The van der Waals surface area contributed by atoms with E-state index >= 15 is 0 Å². The van der Waals surface area contributed by atoms with E-state index in [0.717, 1.165) is 27.3 Å². The van der Waals surface area contributed by atoms with Crippen molar-refractivity contribution in [3.63, 3.8) is 0 Å². The van der Waals surface area contributed by atoms with Crippen molar-refractivity contribution in [2.24, 2.45) is 0 Å². The van der Waals surface area contributed by atoms with Crippen LogP contribution in [-0.4, -0.2) is 40.0 Å². The van der Waals surface area contributed by atoms with Crippen LogP contribution in [0.15, 0.2) is 72.8 Å². The van der Waals surface area contributed by atoms with Gasteiger partial charge >= 0.3 is 0 Å². The molecule has 2 aromatic carbocycles. The second-order valence-electron chi connectivity index (χ2n) is 7.68. The Morgan fingerprint density at radius 1 is 0.867 bits per heavy atom. The molecule has 158 valence electrons. The van der Waals surface area contributed by atoms with Crippen LogP contribution in [0, 0.1) is 0 Å². The smallest absolute Gasteiger partial charge is 0.169 e. The van der Waals surface area contributed by atoms with Crippen LogP contribution in [0.2, 0.25) is 0 Å². The Labute approximate surface area is 182 Å². The largest absolute Gasteiger partial charge is 0.387 e. The molecule has 0 aliphatic heterocycles. The zero-order valence-electron chi connectivity index (χ0n) is 17.4. The minimum atomic E-state index is -0.646. The maximum absolute atomic E-state index is 11.6. The predicted octanol–water partition coefficient (Wildman–Crippen LogP) is 4.65. The van der Waals surface area contributed by atoms with E-state index in [4.69, 9.17) is 0 Å². The minimum Gasteiger partial charge on any atom is -0.387 e. The van der Waals surface area contributed by atoms with E-state index in [2.05, 4.69) is 11.8 Å². The predicted molar refractivity (Wildman–Crippen MR) is 122 cm³/mol. The molecule has 0 aliphatic carbocycles. The van der Waals surface area contributed by atoms with Crippen molar-refractivity contribution in [1.29, 1.82) is 0 Å². The summed E-state index contributed by atoms with van der Waals surface area (Å²) in [5.74, 6) is 0.0785. The van der Waals surface area contributed by atoms with Crippen LogP contribution in [0.25, 0.3) is 0 Å². The Morgan fingerprint density at radius 2 is 1.37 bits per heavy atom. The van der Waals surface area contributed by atoms with Crippen molar-refractivity contribution in [3.05, 3.63) is 93.7 Å². The Bertz CT molecular complexity index is 878. The number of carbonyl (C=O) groups is 1. The fraction of sp³-hybridized carbons (Fsp3) is 0.320. The molecule has 1 aromatic heterocycles. The highest BCUT2D eigenvalue weighted by Crippen LogP contribution is 2.24. The fourth-order valence-corrected chi connectivity index (χ4v) is 4.56. The summed E-state index contributed by atoms with van der Waals surface area (Å²) in [6.45, 7) is 4.51. The highest BCUT2D eigenvalue weighted by molar-refractivity contribution is 7.14. The molecule has 30 heavy (non-hydrogen) atoms. The molecule has 0 radical (unpaired) electrons. The third-order valence-electron chi connectivity index (χ3n) is 5.31. The molecule has 5 heteroatoms. The number of benzene rings is 2. The number of hydrogen-bond acceptors (Lipinski definition) is 5. The summed E-state index contributed by atoms with van der Waals surface area (Å²) in [6.07, 6.45) is -0.540. The number of carbonyl (C=O) groups excluding carboxylic acids is 1. The molecule has 0 spiro atoms. The van der Waals surface area contributed by atoms with E-state index in [-0.39, 0.29) is 11.8 Å². The molecule has 0 fully saturated rings. The van der Waals surface area contributed by atoms with E-state index in [9.17, 15) is 15.0 Å². The molecule has 0 bridgehead atoms. The van der Waals surface area contributed by atoms with Gasteiger partial charge in [0.15, 0.2) is 5.78 Å². The molecule has 0 saturated heterocycles. The molecule has 0 saturated carbocycles. The summed E-state index contributed by atoms with van der Waals surface area (Å²) >= 11 is 1.52. The van der Waals surface area contributed by atoms with Crippen molar-refractivity contribution in [2.45, 2.75) is 38.5 Å². The van der Waals surface area contributed by atoms with Gasteiger partial charge in [-0.1, -0.05) is 60.7 Å². The number of rotatable bonds is 10. The summed E-state index contributed by atoms with van der Waals surface area (Å²) in [7, 11) is 0. The third kappa shape index (κ3) is 6.09. The average molecular weight is 424 g/mol. The van der Waals surface area contributed by atoms with E-state index in [1.165, 1.54) is 11.3 Å². The number of aliphatic hydroxyl groups is 2. The lowest BCUT2D eigenvalue weighted by Crippen LogP contribution is -2.40. The standard InChI is InChI=1S/C25H29NO3S/c1-18(15-22-13-14-25(30-22)19(2)27)26(16-23(28)20-9-5-3-6-10-20)17-24(29)21-11-7-4-8-12-21/h3-14,18,23-24,28-29H,15-17H2,1-2H3/t18?,23-,24-/m0/s1. The number of Topliss-reactive ketones (excluding diaryl/α,β-unsaturated/α-hetero) is 1. The SMILES string of the molecule is CC(=O)c1ccc(CC(C)N(C[C@H](O)c2ccccc2)C[C@H](O)c2ccccc2)s1. The Balaban J connectivity index is 1.75. The van der Waals surface area contributed by atoms with Crippen LogP contribution in [0.4, 0.5) is 0 Å². The molecule has 2 N–H and O–H groups in total. The van der Waals surface area contributed by atoms with Gasteiger partial charge in [0, 0.05) is 24.0 Å². The Kier molecular flexibility index (Phi) is 7.94. The lowest BCUT2D eigenvalue weighted by molar-refractivity contribution is 0.0482. The maximum Gasteiger partial charge on any atom is 0.169 e. The highest BCUT2D eigenvalue weighted by atomic mass is 32.1. The van der Waals surface area contributed by atoms with E-state index in [0.29, 0.717) is 13.1 Å². The second kappa shape index (κ2) is 10.6. The van der Waals surface area contributed by atoms with Crippen molar-refractivity contribution in [3.8, 4) is 0 Å². The highest BCUT2D eigenvalue weighted by Gasteiger charge is 2.23. The van der Waals surface area contributed by atoms with Crippen LogP contribution < -0.4 is 0 Å². The number of ketones is 1. The molecule has 1 unspecified atom stereocenters. The summed E-state index contributed by atoms with van der Waals surface area (Å²) in [5, 5.41) is 21.6. The monoisotopic (exact) mass is 423 g/mol. The quantitative estimate of drug-likeness (QED) is 0.466. The lowest BCUT2D eigenvalue weighted by Gasteiger charge is -2.32. The van der Waals surface area contributed by atoms with Gasteiger partial charge in [-0.2, -0.15) is 0 Å². The van der Waals surface area contributed by atoms with Gasteiger partial charge in [-0.05, 0) is 43.5 Å². The topological polar surface area (TPSA) is 60.8 Å². The van der Waals surface area contributed by atoms with Crippen molar-refractivity contribution < 1.29 is 15.0 Å². The minimum absolute atomic E-state index is 0.0785. The van der Waals surface area contributed by atoms with Crippen molar-refractivity contribution in [1.82, 2.24) is 4.90 Å². The number of thiophene rings is 1. The van der Waals surface area contributed by atoms with Gasteiger partial charge in [0.2, 0.25) is 0 Å². The van der Waals surface area contributed by atoms with Gasteiger partial charge in [-0.25, -0.2) is 0 Å². The summed E-state index contributed by atoms with van der Waals surface area (Å²) in [6, 6.07) is 23.1. The van der Waals surface area contributed by atoms with E-state index < -0.39 is 12.2 Å². The first kappa shape index (κ1) is 22.4. The summed E-state index contributed by atoms with van der Waals surface area (Å²) in [4.78, 5) is 15.6. The van der Waals surface area contributed by atoms with Crippen molar-refractivity contribution in [2.75, 3.05) is 13.1 Å². The molecular weight excluding hydrogens is 394 g/mol. The summed E-state index contributed by atoms with van der Waals surface area (Å²) < 4.78 is 0. The zero-order chi connectivity index (χ0) is 21.5. The van der Waals surface area contributed by atoms with Gasteiger partial charge in [-0.3, -0.25) is 9.69 Å². The van der Waals surface area contributed by atoms with Gasteiger partial charge in [0.1, 0.15) is 0 Å². The fourth-order valence-electron chi connectivity index (χ4n) is 3.54. The zero-order valence-corrected chi connectivity index (χ0v) is 18.3. The summed E-state index contributed by atoms with van der Waals surface area (Å²) in [5.41, 5.74) is 1.72. The van der Waals surface area contributed by atoms with Crippen LogP contribution in [0.5, 0.6) is 0 Å². The number of hydrogen-bond donors (Lipinski definition) is 2. The van der Waals surface area contributed by atoms with Gasteiger partial charge in [0.05, 0.1) is 17.1 Å². The van der Waals surface area contributed by atoms with Crippen LogP contribution in [0.1, 0.15) is 51.7 Å². The van der Waals surface area contributed by atoms with Crippen LogP contribution in [-0.2, 0) is 6.42 Å². The molecule has 3 rings (SSSR count). The molecule has 4 nitrogen and oxygen atoms in total. The molecule has 1 heterocycles. The van der Waals surface area contributed by atoms with Gasteiger partial charge in [0.25, 0.3) is 0 Å². The van der Waals surface area contributed by atoms with Crippen LogP contribution in [0.3, 0.4) is 0 Å². The average Bonchev–Trinajstić information content (AvgIpc) is 3.23. The molecule has 3 aromatic rings. The lowest BCUT2D eigenvalue weighted by atomic mass is 10.0. The first-order valence-corrected chi connectivity index (χ1v) is 11.1. The Hall–Kier alpha value is -2.31. The number of aliphatic hydroxyl groups excluding tert-OH is 2. The van der Waals surface area contributed by atoms with Gasteiger partial charge < -0.3 is 10.2 Å². The number of nitrogens with zero attached hydrogens (tertiary/aromatic N) is 1. The van der Waals surface area contributed by atoms with E-state index in [1.54, 1.807) is 6.92 Å². The first-order valence-electron chi connectivity index (χ1n) is 10.2. The first-order chi connectivity index (χ1) is 14.4. The van der Waals surface area contributed by atoms with Gasteiger partial charge in [-0.15, -0.1) is 11.3 Å². The molecular formula is C25H29NO3S. The second-order valence-corrected chi connectivity index (χ2v) is 8.85. The van der Waals surface area contributed by atoms with E-state index in [1.807, 2.05) is 72.8 Å². The molecule has 0 aliphatic rings. The molecule has 3 atom stereocenters. The maximum atomic E-state index is 11.6. The van der Waals surface area contributed by atoms with Crippen molar-refractivity contribution >= 4 is 17.1 Å². The normalized spacial score (nSPS) is 14.4.